The molecule has 1 nitrogen and oxygen atoms in total. The van der Waals surface area contributed by atoms with Crippen molar-refractivity contribution in [3.05, 3.63) is 35.9 Å². The molecule has 0 aromatic heterocycles. The van der Waals surface area contributed by atoms with Gasteiger partial charge in [0.2, 0.25) is 0 Å². The van der Waals surface area contributed by atoms with E-state index in [4.69, 9.17) is 0 Å². The van der Waals surface area contributed by atoms with E-state index < -0.39 is 0 Å². The number of rotatable bonds is 4. The second-order valence-electron chi connectivity index (χ2n) is 6.43. The molecule has 0 bridgehead atoms. The molecule has 1 aromatic rings. The molecule has 17 heavy (non-hydrogen) atoms. The van der Waals surface area contributed by atoms with Crippen molar-refractivity contribution in [2.45, 2.75) is 51.9 Å². The molecule has 0 spiro atoms. The lowest BCUT2D eigenvalue weighted by Gasteiger charge is -2.20. The zero-order valence-corrected chi connectivity index (χ0v) is 11.1. The summed E-state index contributed by atoms with van der Waals surface area (Å²) in [5, 5.41) is 0. The van der Waals surface area contributed by atoms with Gasteiger partial charge < -0.3 is 0 Å². The van der Waals surface area contributed by atoms with Gasteiger partial charge in [0.05, 0.1) is 5.41 Å². The Kier molecular flexibility index (Phi) is 3.11. The predicted octanol–water partition coefficient (Wildman–Crippen LogP) is 4.11. The van der Waals surface area contributed by atoms with Crippen molar-refractivity contribution in [3.63, 3.8) is 0 Å². The van der Waals surface area contributed by atoms with Gasteiger partial charge in [-0.25, -0.2) is 0 Å². The largest absolute Gasteiger partial charge is 0.299 e. The highest BCUT2D eigenvalue weighted by Crippen LogP contribution is 2.50. The molecular weight excluding hydrogens is 208 g/mol. The molecule has 1 aliphatic rings. The Morgan fingerprint density at radius 1 is 1.18 bits per heavy atom. The van der Waals surface area contributed by atoms with Crippen molar-refractivity contribution in [2.75, 3.05) is 0 Å². The summed E-state index contributed by atoms with van der Waals surface area (Å²) in [5.74, 6) is 0.443. The topological polar surface area (TPSA) is 17.1 Å². The van der Waals surface area contributed by atoms with E-state index >= 15 is 0 Å². The van der Waals surface area contributed by atoms with Gasteiger partial charge in [-0.15, -0.1) is 0 Å². The van der Waals surface area contributed by atoms with Gasteiger partial charge in [0.15, 0.2) is 0 Å². The van der Waals surface area contributed by atoms with E-state index in [0.717, 1.165) is 25.7 Å². The van der Waals surface area contributed by atoms with Crippen LogP contribution < -0.4 is 0 Å². The van der Waals surface area contributed by atoms with E-state index in [1.165, 1.54) is 5.56 Å². The molecule has 0 heterocycles. The Labute approximate surface area is 104 Å². The molecule has 2 rings (SSSR count). The first-order chi connectivity index (χ1) is 7.94. The smallest absolute Gasteiger partial charge is 0.143 e. The zero-order chi connectivity index (χ0) is 12.5. The van der Waals surface area contributed by atoms with Gasteiger partial charge >= 0.3 is 0 Å². The highest BCUT2D eigenvalue weighted by Gasteiger charge is 2.50. The van der Waals surface area contributed by atoms with E-state index in [9.17, 15) is 4.79 Å². The average molecular weight is 230 g/mol. The van der Waals surface area contributed by atoms with Gasteiger partial charge in [0.1, 0.15) is 5.78 Å². The van der Waals surface area contributed by atoms with Crippen molar-refractivity contribution in [1.82, 2.24) is 0 Å². The van der Waals surface area contributed by atoms with Crippen molar-refractivity contribution < 1.29 is 4.79 Å². The molecule has 0 atom stereocenters. The Morgan fingerprint density at radius 3 is 2.24 bits per heavy atom. The number of ketones is 1. The first-order valence-corrected chi connectivity index (χ1v) is 6.53. The van der Waals surface area contributed by atoms with Crippen LogP contribution in [0.25, 0.3) is 0 Å². The predicted molar refractivity (Wildman–Crippen MR) is 71.1 cm³/mol. The molecule has 1 aliphatic carbocycles. The zero-order valence-electron chi connectivity index (χ0n) is 11.1. The monoisotopic (exact) mass is 230 g/mol. The molecule has 1 heteroatoms. The second-order valence-corrected chi connectivity index (χ2v) is 6.43. The molecule has 92 valence electrons. The normalized spacial score (nSPS) is 17.8. The Balaban J connectivity index is 2.05. The maximum atomic E-state index is 12.4. The van der Waals surface area contributed by atoms with Gasteiger partial charge in [-0.2, -0.15) is 0 Å². The number of benzene rings is 1. The van der Waals surface area contributed by atoms with Crippen LogP contribution in [0.4, 0.5) is 0 Å². The quantitative estimate of drug-likeness (QED) is 0.760. The Hall–Kier alpha value is -1.11. The summed E-state index contributed by atoms with van der Waals surface area (Å²) in [6.07, 6.45) is 3.79. The van der Waals surface area contributed by atoms with Gasteiger partial charge in [-0.3, -0.25) is 4.79 Å². The molecular formula is C16H22O. The minimum atomic E-state index is -0.119. The Morgan fingerprint density at radius 2 is 1.76 bits per heavy atom. The van der Waals surface area contributed by atoms with E-state index in [1.54, 1.807) is 0 Å². The number of hydrogen-bond acceptors (Lipinski definition) is 1. The summed E-state index contributed by atoms with van der Waals surface area (Å²) in [6, 6.07) is 10.3. The van der Waals surface area contributed by atoms with Crippen molar-refractivity contribution in [3.8, 4) is 0 Å². The van der Waals surface area contributed by atoms with Crippen LogP contribution in [0.5, 0.6) is 0 Å². The van der Waals surface area contributed by atoms with Gasteiger partial charge in [0.25, 0.3) is 0 Å². The molecule has 0 N–H and O–H groups in total. The minimum Gasteiger partial charge on any atom is -0.299 e. The third-order valence-electron chi connectivity index (χ3n) is 3.71. The second kappa shape index (κ2) is 4.29. The van der Waals surface area contributed by atoms with Gasteiger partial charge in [-0.1, -0.05) is 51.1 Å². The van der Waals surface area contributed by atoms with Crippen LogP contribution in [0.2, 0.25) is 0 Å². The molecule has 0 amide bonds. The highest BCUT2D eigenvalue weighted by molar-refractivity contribution is 5.93. The van der Waals surface area contributed by atoms with Crippen LogP contribution in [0.3, 0.4) is 0 Å². The summed E-state index contributed by atoms with van der Waals surface area (Å²) in [5.41, 5.74) is 1.36. The third kappa shape index (κ3) is 2.77. The van der Waals surface area contributed by atoms with Crippen LogP contribution in [-0.2, 0) is 10.2 Å². The number of carbonyl (C=O) groups is 1. The summed E-state index contributed by atoms with van der Waals surface area (Å²) >= 11 is 0. The minimum absolute atomic E-state index is 0.119. The van der Waals surface area contributed by atoms with Crippen molar-refractivity contribution >= 4 is 5.78 Å². The maximum absolute atomic E-state index is 12.4. The third-order valence-corrected chi connectivity index (χ3v) is 3.71. The average Bonchev–Trinajstić information content (AvgIpc) is 3.07. The molecule has 0 saturated heterocycles. The molecule has 1 aromatic carbocycles. The number of Topliss-reactive ketones (excluding diaryl/α,β-unsaturated/α-hetero) is 1. The Bertz CT molecular complexity index is 393. The molecule has 0 aliphatic heterocycles. The van der Waals surface area contributed by atoms with E-state index in [1.807, 2.05) is 18.2 Å². The fraction of sp³-hybridized carbons (Fsp3) is 0.562. The van der Waals surface area contributed by atoms with E-state index in [0.29, 0.717) is 5.78 Å². The van der Waals surface area contributed by atoms with Crippen LogP contribution in [0.1, 0.15) is 52.0 Å². The first-order valence-electron chi connectivity index (χ1n) is 6.53. The summed E-state index contributed by atoms with van der Waals surface area (Å²) < 4.78 is 0. The fourth-order valence-corrected chi connectivity index (χ4v) is 2.34. The fourth-order valence-electron chi connectivity index (χ4n) is 2.34. The molecule has 0 unspecified atom stereocenters. The maximum Gasteiger partial charge on any atom is 0.143 e. The molecule has 1 fully saturated rings. The number of hydrogen-bond donors (Lipinski definition) is 0. The highest BCUT2D eigenvalue weighted by atomic mass is 16.1. The lowest BCUT2D eigenvalue weighted by molar-refractivity contribution is -0.122. The van der Waals surface area contributed by atoms with Crippen LogP contribution >= 0.6 is 0 Å². The molecule has 0 radical (unpaired) electrons. The lowest BCUT2D eigenvalue weighted by Crippen LogP contribution is -2.22. The van der Waals surface area contributed by atoms with Crippen molar-refractivity contribution in [2.24, 2.45) is 5.41 Å². The van der Waals surface area contributed by atoms with E-state index in [-0.39, 0.29) is 10.8 Å². The van der Waals surface area contributed by atoms with Gasteiger partial charge in [0, 0.05) is 6.42 Å². The standard InChI is InChI=1S/C16H22O/c1-15(2,3)10-9-14(17)16(11-12-16)13-7-5-4-6-8-13/h4-8H,9-12H2,1-3H3. The number of carbonyl (C=O) groups excluding carboxylic acids is 1. The summed E-state index contributed by atoms with van der Waals surface area (Å²) in [6.45, 7) is 6.59. The lowest BCUT2D eigenvalue weighted by atomic mass is 9.83. The molecule has 1 saturated carbocycles. The van der Waals surface area contributed by atoms with Crippen LogP contribution in [0.15, 0.2) is 30.3 Å². The van der Waals surface area contributed by atoms with Crippen molar-refractivity contribution in [1.29, 1.82) is 0 Å². The SMILES string of the molecule is CC(C)(C)CCC(=O)C1(c2ccccc2)CC1. The first kappa shape index (κ1) is 12.3. The van der Waals surface area contributed by atoms with Gasteiger partial charge in [-0.05, 0) is 30.2 Å². The summed E-state index contributed by atoms with van der Waals surface area (Å²) in [4.78, 5) is 12.4. The van der Waals surface area contributed by atoms with E-state index in [2.05, 4.69) is 32.9 Å². The van der Waals surface area contributed by atoms with Crippen LogP contribution in [-0.4, -0.2) is 5.78 Å². The summed E-state index contributed by atoms with van der Waals surface area (Å²) in [7, 11) is 0. The van der Waals surface area contributed by atoms with Crippen LogP contribution in [0, 0.1) is 5.41 Å².